The lowest BCUT2D eigenvalue weighted by atomic mass is 9.97. The van der Waals surface area contributed by atoms with Crippen LogP contribution in [0.3, 0.4) is 0 Å². The maximum absolute atomic E-state index is 8.53. The standard InChI is InChI=1S/C14H19NO/c1-4-16-13-9-11(2)14(12(3)10-13)7-5-6-8-15/h9-10H,4-7H2,1-3H3. The molecule has 0 unspecified atom stereocenters. The van der Waals surface area contributed by atoms with Crippen molar-refractivity contribution < 1.29 is 4.74 Å². The van der Waals surface area contributed by atoms with Crippen molar-refractivity contribution in [3.63, 3.8) is 0 Å². The third-order valence-corrected chi connectivity index (χ3v) is 2.70. The van der Waals surface area contributed by atoms with Crippen molar-refractivity contribution in [1.82, 2.24) is 0 Å². The zero-order valence-electron chi connectivity index (χ0n) is 10.3. The molecule has 16 heavy (non-hydrogen) atoms. The molecule has 1 aromatic rings. The van der Waals surface area contributed by atoms with Gasteiger partial charge in [0.15, 0.2) is 0 Å². The fourth-order valence-electron chi connectivity index (χ4n) is 1.94. The molecule has 0 aliphatic carbocycles. The Balaban J connectivity index is 2.81. The molecular formula is C14H19NO. The van der Waals surface area contributed by atoms with E-state index in [9.17, 15) is 0 Å². The summed E-state index contributed by atoms with van der Waals surface area (Å²) < 4.78 is 5.50. The third-order valence-electron chi connectivity index (χ3n) is 2.70. The quantitative estimate of drug-likeness (QED) is 0.707. The number of hydrogen-bond donors (Lipinski definition) is 0. The maximum Gasteiger partial charge on any atom is 0.119 e. The van der Waals surface area contributed by atoms with Gasteiger partial charge in [-0.3, -0.25) is 0 Å². The Kier molecular flexibility index (Phi) is 4.85. The SMILES string of the molecule is CCOc1cc(C)c(CCCC#N)c(C)c1. The molecular weight excluding hydrogens is 198 g/mol. The normalized spacial score (nSPS) is 9.88. The van der Waals surface area contributed by atoms with Crippen LogP contribution in [0.5, 0.6) is 5.75 Å². The Hall–Kier alpha value is -1.49. The summed E-state index contributed by atoms with van der Waals surface area (Å²) in [5, 5.41) is 8.53. The molecule has 0 saturated heterocycles. The first kappa shape index (κ1) is 12.6. The van der Waals surface area contributed by atoms with Gasteiger partial charge in [-0.1, -0.05) is 0 Å². The Morgan fingerprint density at radius 2 is 1.88 bits per heavy atom. The van der Waals surface area contributed by atoms with Gasteiger partial charge in [0.25, 0.3) is 0 Å². The molecule has 1 aromatic carbocycles. The van der Waals surface area contributed by atoms with Crippen LogP contribution >= 0.6 is 0 Å². The van der Waals surface area contributed by atoms with Crippen molar-refractivity contribution in [3.8, 4) is 11.8 Å². The number of hydrogen-bond acceptors (Lipinski definition) is 2. The van der Waals surface area contributed by atoms with Gasteiger partial charge < -0.3 is 4.74 Å². The molecule has 0 amide bonds. The van der Waals surface area contributed by atoms with Crippen LogP contribution in [0, 0.1) is 25.2 Å². The highest BCUT2D eigenvalue weighted by Crippen LogP contribution is 2.23. The Bertz CT molecular complexity index is 367. The molecule has 0 spiro atoms. The van der Waals surface area contributed by atoms with E-state index in [2.05, 4.69) is 32.0 Å². The van der Waals surface area contributed by atoms with Crippen LogP contribution < -0.4 is 4.74 Å². The molecule has 2 heteroatoms. The van der Waals surface area contributed by atoms with Gasteiger partial charge in [0.05, 0.1) is 12.7 Å². The van der Waals surface area contributed by atoms with Gasteiger partial charge in [0.1, 0.15) is 5.75 Å². The second kappa shape index (κ2) is 6.17. The first-order valence-corrected chi connectivity index (χ1v) is 5.79. The topological polar surface area (TPSA) is 33.0 Å². The van der Waals surface area contributed by atoms with Crippen LogP contribution in [-0.2, 0) is 6.42 Å². The summed E-state index contributed by atoms with van der Waals surface area (Å²) in [6, 6.07) is 6.35. The highest BCUT2D eigenvalue weighted by molar-refractivity contribution is 5.41. The molecule has 0 saturated carbocycles. The summed E-state index contributed by atoms with van der Waals surface area (Å²) in [6.45, 7) is 6.91. The van der Waals surface area contributed by atoms with Crippen LogP contribution in [0.2, 0.25) is 0 Å². The van der Waals surface area contributed by atoms with Crippen LogP contribution in [0.4, 0.5) is 0 Å². The summed E-state index contributed by atoms with van der Waals surface area (Å²) in [6.07, 6.45) is 2.55. The maximum atomic E-state index is 8.53. The number of nitriles is 1. The highest BCUT2D eigenvalue weighted by Gasteiger charge is 2.05. The lowest BCUT2D eigenvalue weighted by molar-refractivity contribution is 0.339. The minimum Gasteiger partial charge on any atom is -0.494 e. The van der Waals surface area contributed by atoms with E-state index in [1.54, 1.807) is 0 Å². The number of nitrogens with zero attached hydrogens (tertiary/aromatic N) is 1. The summed E-state index contributed by atoms with van der Waals surface area (Å²) in [5.74, 6) is 0.946. The third kappa shape index (κ3) is 3.27. The molecule has 0 fully saturated rings. The van der Waals surface area contributed by atoms with Crippen LogP contribution in [-0.4, -0.2) is 6.61 Å². The van der Waals surface area contributed by atoms with Gasteiger partial charge in [-0.25, -0.2) is 0 Å². The molecule has 0 aliphatic rings. The monoisotopic (exact) mass is 217 g/mol. The van der Waals surface area contributed by atoms with Crippen molar-refractivity contribution in [2.24, 2.45) is 0 Å². The van der Waals surface area contributed by atoms with Crippen molar-refractivity contribution >= 4 is 0 Å². The molecule has 0 radical (unpaired) electrons. The van der Waals surface area contributed by atoms with Crippen molar-refractivity contribution in [3.05, 3.63) is 28.8 Å². The smallest absolute Gasteiger partial charge is 0.119 e. The zero-order valence-corrected chi connectivity index (χ0v) is 10.3. The number of aryl methyl sites for hydroxylation is 2. The molecule has 86 valence electrons. The molecule has 0 aromatic heterocycles. The van der Waals surface area contributed by atoms with E-state index < -0.39 is 0 Å². The largest absolute Gasteiger partial charge is 0.494 e. The molecule has 0 heterocycles. The van der Waals surface area contributed by atoms with Crippen molar-refractivity contribution in [2.75, 3.05) is 6.61 Å². The molecule has 0 bridgehead atoms. The first-order chi connectivity index (χ1) is 7.69. The lowest BCUT2D eigenvalue weighted by Gasteiger charge is -2.12. The van der Waals surface area contributed by atoms with Gasteiger partial charge in [-0.05, 0) is 62.4 Å². The van der Waals surface area contributed by atoms with E-state index in [-0.39, 0.29) is 0 Å². The minimum atomic E-state index is 0.631. The predicted octanol–water partition coefficient (Wildman–Crippen LogP) is 3.55. The Labute approximate surface area is 97.9 Å². The second-order valence-electron chi connectivity index (χ2n) is 3.98. The summed E-state index contributed by atoms with van der Waals surface area (Å²) >= 11 is 0. The van der Waals surface area contributed by atoms with E-state index in [1.165, 1.54) is 16.7 Å². The summed E-state index contributed by atoms with van der Waals surface area (Å²) in [5.41, 5.74) is 3.89. The average molecular weight is 217 g/mol. The Morgan fingerprint density at radius 3 is 2.38 bits per heavy atom. The highest BCUT2D eigenvalue weighted by atomic mass is 16.5. The van der Waals surface area contributed by atoms with Gasteiger partial charge in [-0.15, -0.1) is 0 Å². The van der Waals surface area contributed by atoms with E-state index in [4.69, 9.17) is 10.00 Å². The number of benzene rings is 1. The first-order valence-electron chi connectivity index (χ1n) is 5.79. The molecule has 0 atom stereocenters. The molecule has 1 rings (SSSR count). The van der Waals surface area contributed by atoms with Gasteiger partial charge in [-0.2, -0.15) is 5.26 Å². The predicted molar refractivity (Wildman–Crippen MR) is 65.6 cm³/mol. The van der Waals surface area contributed by atoms with E-state index in [1.807, 2.05) is 6.92 Å². The summed E-state index contributed by atoms with van der Waals surface area (Å²) in [4.78, 5) is 0. The van der Waals surface area contributed by atoms with E-state index in [0.717, 1.165) is 18.6 Å². The Morgan fingerprint density at radius 1 is 1.25 bits per heavy atom. The van der Waals surface area contributed by atoms with Crippen LogP contribution in [0.15, 0.2) is 12.1 Å². The van der Waals surface area contributed by atoms with Crippen molar-refractivity contribution in [2.45, 2.75) is 40.0 Å². The average Bonchev–Trinajstić information content (AvgIpc) is 2.23. The van der Waals surface area contributed by atoms with E-state index >= 15 is 0 Å². The zero-order chi connectivity index (χ0) is 12.0. The van der Waals surface area contributed by atoms with Gasteiger partial charge >= 0.3 is 0 Å². The lowest BCUT2D eigenvalue weighted by Crippen LogP contribution is -1.98. The molecule has 0 N–H and O–H groups in total. The van der Waals surface area contributed by atoms with Gasteiger partial charge in [0.2, 0.25) is 0 Å². The molecule has 0 aliphatic heterocycles. The van der Waals surface area contributed by atoms with E-state index in [0.29, 0.717) is 13.0 Å². The van der Waals surface area contributed by atoms with Crippen molar-refractivity contribution in [1.29, 1.82) is 5.26 Å². The number of rotatable bonds is 5. The number of unbranched alkanes of at least 4 members (excludes halogenated alkanes) is 1. The summed E-state index contributed by atoms with van der Waals surface area (Å²) in [7, 11) is 0. The number of ether oxygens (including phenoxy) is 1. The van der Waals surface area contributed by atoms with Gasteiger partial charge in [0, 0.05) is 6.42 Å². The minimum absolute atomic E-state index is 0.631. The van der Waals surface area contributed by atoms with Crippen LogP contribution in [0.25, 0.3) is 0 Å². The molecule has 2 nitrogen and oxygen atoms in total. The fraction of sp³-hybridized carbons (Fsp3) is 0.500. The fourth-order valence-corrected chi connectivity index (χ4v) is 1.94. The van der Waals surface area contributed by atoms with Crippen LogP contribution in [0.1, 0.15) is 36.5 Å². The second-order valence-corrected chi connectivity index (χ2v) is 3.98.